The molecular formula is C11H19N3O4S. The normalized spacial score (nSPS) is 19.5. The molecule has 0 aromatic carbocycles. The zero-order chi connectivity index (χ0) is 13.9. The van der Waals surface area contributed by atoms with Crippen molar-refractivity contribution in [3.05, 3.63) is 11.7 Å². The maximum absolute atomic E-state index is 11.1. The standard InChI is InChI=1S/C11H19N3O4S/c1-19(15,16)7-4-9(12)11-13-10(14-18-11)8-2-5-17-6-3-8/h8-9H,2-7,12H2,1H3. The average Bonchev–Trinajstić information content (AvgIpc) is 2.86. The third kappa shape index (κ3) is 4.26. The highest BCUT2D eigenvalue weighted by atomic mass is 32.2. The first-order chi connectivity index (χ1) is 8.96. The molecule has 0 bridgehead atoms. The van der Waals surface area contributed by atoms with Crippen LogP contribution in [0.3, 0.4) is 0 Å². The lowest BCUT2D eigenvalue weighted by Crippen LogP contribution is -2.17. The Hall–Kier alpha value is -0.990. The summed E-state index contributed by atoms with van der Waals surface area (Å²) < 4.78 is 32.6. The molecule has 0 aliphatic carbocycles. The Morgan fingerprint density at radius 2 is 2.11 bits per heavy atom. The fraction of sp³-hybridized carbons (Fsp3) is 0.818. The van der Waals surface area contributed by atoms with E-state index in [0.29, 0.717) is 24.9 Å². The largest absolute Gasteiger partial charge is 0.381 e. The molecule has 1 aromatic heterocycles. The van der Waals surface area contributed by atoms with Gasteiger partial charge in [-0.15, -0.1) is 0 Å². The first-order valence-corrected chi connectivity index (χ1v) is 8.36. The van der Waals surface area contributed by atoms with Gasteiger partial charge in [0.25, 0.3) is 0 Å². The molecule has 1 aliphatic heterocycles. The van der Waals surface area contributed by atoms with Crippen molar-refractivity contribution < 1.29 is 17.7 Å². The second kappa shape index (κ2) is 5.98. The van der Waals surface area contributed by atoms with Crippen LogP contribution in [0.1, 0.15) is 42.9 Å². The van der Waals surface area contributed by atoms with E-state index in [4.69, 9.17) is 15.0 Å². The van der Waals surface area contributed by atoms with Crippen molar-refractivity contribution in [3.8, 4) is 0 Å². The van der Waals surface area contributed by atoms with Crippen molar-refractivity contribution in [2.24, 2.45) is 5.73 Å². The van der Waals surface area contributed by atoms with E-state index in [9.17, 15) is 8.42 Å². The van der Waals surface area contributed by atoms with Gasteiger partial charge in [-0.1, -0.05) is 5.16 Å². The highest BCUT2D eigenvalue weighted by Gasteiger charge is 2.23. The molecule has 19 heavy (non-hydrogen) atoms. The third-order valence-corrected chi connectivity index (χ3v) is 4.14. The van der Waals surface area contributed by atoms with E-state index in [1.54, 1.807) is 0 Å². The van der Waals surface area contributed by atoms with E-state index in [1.807, 2.05) is 0 Å². The van der Waals surface area contributed by atoms with Crippen LogP contribution < -0.4 is 5.73 Å². The number of nitrogens with two attached hydrogens (primary N) is 1. The van der Waals surface area contributed by atoms with Crippen LogP contribution >= 0.6 is 0 Å². The summed E-state index contributed by atoms with van der Waals surface area (Å²) in [4.78, 5) is 4.28. The van der Waals surface area contributed by atoms with Gasteiger partial charge in [0.15, 0.2) is 5.82 Å². The van der Waals surface area contributed by atoms with Crippen LogP contribution in [0.15, 0.2) is 4.52 Å². The van der Waals surface area contributed by atoms with Crippen LogP contribution in [-0.4, -0.2) is 43.8 Å². The van der Waals surface area contributed by atoms with Crippen LogP contribution in [0.5, 0.6) is 0 Å². The molecule has 1 atom stereocenters. The Kier molecular flexibility index (Phi) is 4.54. The molecule has 0 amide bonds. The van der Waals surface area contributed by atoms with Gasteiger partial charge in [0.1, 0.15) is 9.84 Å². The summed E-state index contributed by atoms with van der Waals surface area (Å²) in [7, 11) is -3.03. The lowest BCUT2D eigenvalue weighted by Gasteiger charge is -2.18. The molecule has 0 saturated carbocycles. The van der Waals surface area contributed by atoms with Gasteiger partial charge >= 0.3 is 0 Å². The molecular weight excluding hydrogens is 270 g/mol. The van der Waals surface area contributed by atoms with Crippen LogP contribution in [0.25, 0.3) is 0 Å². The van der Waals surface area contributed by atoms with E-state index < -0.39 is 15.9 Å². The van der Waals surface area contributed by atoms with Crippen molar-refractivity contribution in [1.29, 1.82) is 0 Å². The van der Waals surface area contributed by atoms with Gasteiger partial charge in [-0.3, -0.25) is 0 Å². The number of ether oxygens (including phenoxy) is 1. The summed E-state index contributed by atoms with van der Waals surface area (Å²) in [6.45, 7) is 1.41. The van der Waals surface area contributed by atoms with Crippen LogP contribution in [0.2, 0.25) is 0 Å². The fourth-order valence-electron chi connectivity index (χ4n) is 1.98. The van der Waals surface area contributed by atoms with Crippen LogP contribution in [0.4, 0.5) is 0 Å². The molecule has 1 saturated heterocycles. The summed E-state index contributed by atoms with van der Waals surface area (Å²) in [6, 6.07) is -0.532. The van der Waals surface area contributed by atoms with E-state index >= 15 is 0 Å². The summed E-state index contributed by atoms with van der Waals surface area (Å²) in [6.07, 6.45) is 3.21. The maximum atomic E-state index is 11.1. The molecule has 108 valence electrons. The van der Waals surface area contributed by atoms with Crippen molar-refractivity contribution in [3.63, 3.8) is 0 Å². The summed E-state index contributed by atoms with van der Waals surface area (Å²) in [5, 5.41) is 3.93. The Bertz CT molecular complexity index is 508. The van der Waals surface area contributed by atoms with Crippen molar-refractivity contribution in [2.45, 2.75) is 31.2 Å². The highest BCUT2D eigenvalue weighted by molar-refractivity contribution is 7.90. The number of rotatable bonds is 5. The highest BCUT2D eigenvalue weighted by Crippen LogP contribution is 2.25. The summed E-state index contributed by atoms with van der Waals surface area (Å²) >= 11 is 0. The topological polar surface area (TPSA) is 108 Å². The molecule has 0 radical (unpaired) electrons. The van der Waals surface area contributed by atoms with Crippen molar-refractivity contribution >= 4 is 9.84 Å². The van der Waals surface area contributed by atoms with E-state index in [2.05, 4.69) is 10.1 Å². The summed E-state index contributed by atoms with van der Waals surface area (Å²) in [5.41, 5.74) is 5.86. The maximum Gasteiger partial charge on any atom is 0.243 e. The number of nitrogens with zero attached hydrogens (tertiary/aromatic N) is 2. The minimum atomic E-state index is -3.03. The van der Waals surface area contributed by atoms with Crippen LogP contribution in [0, 0.1) is 0 Å². The molecule has 8 heteroatoms. The Balaban J connectivity index is 1.95. The SMILES string of the molecule is CS(=O)(=O)CCC(N)c1nc(C2CCOCC2)no1. The minimum Gasteiger partial charge on any atom is -0.381 e. The number of sulfone groups is 1. The van der Waals surface area contributed by atoms with Crippen molar-refractivity contribution in [2.75, 3.05) is 25.2 Å². The molecule has 1 fully saturated rings. The van der Waals surface area contributed by atoms with E-state index in [0.717, 1.165) is 12.8 Å². The van der Waals surface area contributed by atoms with Gasteiger partial charge in [-0.05, 0) is 19.3 Å². The molecule has 1 aliphatic rings. The lowest BCUT2D eigenvalue weighted by molar-refractivity contribution is 0.0830. The molecule has 7 nitrogen and oxygen atoms in total. The molecule has 1 aromatic rings. The Morgan fingerprint density at radius 3 is 2.74 bits per heavy atom. The second-order valence-electron chi connectivity index (χ2n) is 4.90. The minimum absolute atomic E-state index is 0.0170. The van der Waals surface area contributed by atoms with Gasteiger partial charge < -0.3 is 15.0 Å². The number of hydrogen-bond acceptors (Lipinski definition) is 7. The molecule has 0 spiro atoms. The van der Waals surface area contributed by atoms with E-state index in [-0.39, 0.29) is 18.1 Å². The van der Waals surface area contributed by atoms with Crippen molar-refractivity contribution in [1.82, 2.24) is 10.1 Å². The van der Waals surface area contributed by atoms with Gasteiger partial charge in [0.05, 0.1) is 11.8 Å². The monoisotopic (exact) mass is 289 g/mol. The smallest absolute Gasteiger partial charge is 0.243 e. The quantitative estimate of drug-likeness (QED) is 0.835. The lowest BCUT2D eigenvalue weighted by atomic mass is 10.00. The molecule has 2 N–H and O–H groups in total. The average molecular weight is 289 g/mol. The van der Waals surface area contributed by atoms with Gasteiger partial charge in [0.2, 0.25) is 5.89 Å². The van der Waals surface area contributed by atoms with E-state index in [1.165, 1.54) is 6.26 Å². The van der Waals surface area contributed by atoms with Gasteiger partial charge in [0, 0.05) is 25.4 Å². The predicted octanol–water partition coefficient (Wildman–Crippen LogP) is 0.398. The Labute approximate surface area is 112 Å². The fourth-order valence-corrected chi connectivity index (χ4v) is 2.67. The summed E-state index contributed by atoms with van der Waals surface area (Å²) in [5.74, 6) is 1.22. The number of aromatic nitrogens is 2. The van der Waals surface area contributed by atoms with Gasteiger partial charge in [-0.25, -0.2) is 8.42 Å². The first-order valence-electron chi connectivity index (χ1n) is 6.30. The molecule has 1 unspecified atom stereocenters. The number of hydrogen-bond donors (Lipinski definition) is 1. The third-order valence-electron chi connectivity index (χ3n) is 3.16. The zero-order valence-electron chi connectivity index (χ0n) is 10.9. The van der Waals surface area contributed by atoms with Gasteiger partial charge in [-0.2, -0.15) is 4.98 Å². The first kappa shape index (κ1) is 14.4. The Morgan fingerprint density at radius 1 is 1.42 bits per heavy atom. The zero-order valence-corrected chi connectivity index (χ0v) is 11.7. The molecule has 2 heterocycles. The molecule has 2 rings (SSSR count). The van der Waals surface area contributed by atoms with Crippen LogP contribution in [-0.2, 0) is 14.6 Å². The predicted molar refractivity (Wildman–Crippen MR) is 68.3 cm³/mol. The second-order valence-corrected chi connectivity index (χ2v) is 7.16.